The number of carbonyl (C=O) groups is 1. The van der Waals surface area contributed by atoms with Gasteiger partial charge in [-0.25, -0.2) is 4.98 Å². The lowest BCUT2D eigenvalue weighted by atomic mass is 9.91. The van der Waals surface area contributed by atoms with E-state index in [0.717, 1.165) is 22.6 Å². The van der Waals surface area contributed by atoms with Gasteiger partial charge in [0, 0.05) is 4.88 Å². The second-order valence-corrected chi connectivity index (χ2v) is 6.40. The van der Waals surface area contributed by atoms with Gasteiger partial charge in [-0.1, -0.05) is 0 Å². The van der Waals surface area contributed by atoms with Crippen LogP contribution in [0.25, 0.3) is 0 Å². The van der Waals surface area contributed by atoms with Gasteiger partial charge in [0.2, 0.25) is 0 Å². The van der Waals surface area contributed by atoms with Gasteiger partial charge in [0.1, 0.15) is 11.5 Å². The number of aliphatic carboxylic acids is 1. The van der Waals surface area contributed by atoms with E-state index in [-0.39, 0.29) is 18.0 Å². The molecule has 1 saturated carbocycles. The monoisotopic (exact) mass is 306 g/mol. The molecule has 1 atom stereocenters. The quantitative estimate of drug-likeness (QED) is 0.900. The Balaban J connectivity index is 1.85. The summed E-state index contributed by atoms with van der Waals surface area (Å²) in [6.45, 7) is 0. The molecule has 0 radical (unpaired) electrons. The molecule has 0 aromatic carbocycles. The van der Waals surface area contributed by atoms with Crippen LogP contribution in [0, 0.1) is 0 Å². The molecule has 1 aromatic heterocycles. The molecular formula is C12H13F3N2O2S. The van der Waals surface area contributed by atoms with Crippen LogP contribution in [0.5, 0.6) is 0 Å². The molecule has 1 fully saturated rings. The molecule has 2 aliphatic carbocycles. The number of hydrogen-bond acceptors (Lipinski definition) is 4. The van der Waals surface area contributed by atoms with E-state index in [0.29, 0.717) is 18.5 Å². The van der Waals surface area contributed by atoms with Crippen LogP contribution in [-0.2, 0) is 11.2 Å². The highest BCUT2D eigenvalue weighted by Crippen LogP contribution is 2.52. The van der Waals surface area contributed by atoms with Gasteiger partial charge in [-0.2, -0.15) is 13.2 Å². The van der Waals surface area contributed by atoms with Crippen LogP contribution in [0.4, 0.5) is 18.3 Å². The highest BCUT2D eigenvalue weighted by Gasteiger charge is 2.64. The Morgan fingerprint density at radius 2 is 2.15 bits per heavy atom. The zero-order chi connectivity index (χ0) is 14.5. The number of aryl methyl sites for hydroxylation is 1. The zero-order valence-electron chi connectivity index (χ0n) is 10.5. The van der Waals surface area contributed by atoms with Crippen molar-refractivity contribution in [2.24, 2.45) is 0 Å². The Morgan fingerprint density at radius 1 is 1.45 bits per heavy atom. The van der Waals surface area contributed by atoms with Crippen molar-refractivity contribution >= 4 is 22.4 Å². The average Bonchev–Trinajstić information content (AvgIpc) is 3.01. The molecule has 0 amide bonds. The van der Waals surface area contributed by atoms with Crippen LogP contribution in [0.15, 0.2) is 0 Å². The summed E-state index contributed by atoms with van der Waals surface area (Å²) in [6, 6.07) is 0. The molecule has 3 rings (SSSR count). The maximum Gasteiger partial charge on any atom is 0.411 e. The van der Waals surface area contributed by atoms with Crippen LogP contribution in [0.2, 0.25) is 0 Å². The number of halogens is 3. The molecule has 0 bridgehead atoms. The molecular weight excluding hydrogens is 293 g/mol. The minimum absolute atomic E-state index is 0.0447. The Hall–Kier alpha value is -1.31. The number of fused-ring (bicyclic) bond motifs is 1. The number of rotatable bonds is 3. The van der Waals surface area contributed by atoms with Crippen LogP contribution < -0.4 is 5.32 Å². The maximum atomic E-state index is 12.9. The number of nitrogens with zero attached hydrogens (tertiary/aromatic N) is 1. The van der Waals surface area contributed by atoms with E-state index in [2.05, 4.69) is 10.3 Å². The number of anilines is 1. The molecule has 20 heavy (non-hydrogen) atoms. The van der Waals surface area contributed by atoms with Gasteiger partial charge < -0.3 is 10.4 Å². The van der Waals surface area contributed by atoms with Gasteiger partial charge in [-0.05, 0) is 32.1 Å². The predicted octanol–water partition coefficient (Wildman–Crippen LogP) is 3.15. The van der Waals surface area contributed by atoms with Gasteiger partial charge in [-0.3, -0.25) is 4.79 Å². The van der Waals surface area contributed by atoms with Crippen molar-refractivity contribution in [3.63, 3.8) is 0 Å². The molecule has 1 heterocycles. The molecule has 1 unspecified atom stereocenters. The number of carboxylic acids is 1. The van der Waals surface area contributed by atoms with E-state index >= 15 is 0 Å². The predicted molar refractivity (Wildman–Crippen MR) is 67.1 cm³/mol. The number of thiazole rings is 1. The lowest BCUT2D eigenvalue weighted by Crippen LogP contribution is -2.38. The Labute approximate surface area is 117 Å². The highest BCUT2D eigenvalue weighted by molar-refractivity contribution is 7.15. The number of aromatic nitrogens is 1. The topological polar surface area (TPSA) is 62.2 Å². The number of nitrogens with one attached hydrogen (secondary N) is 1. The number of alkyl halides is 3. The first-order valence-electron chi connectivity index (χ1n) is 6.40. The zero-order valence-corrected chi connectivity index (χ0v) is 11.3. The van der Waals surface area contributed by atoms with Gasteiger partial charge >= 0.3 is 12.1 Å². The standard InChI is InChI=1S/C12H13F3N2O2S/c13-12(14,15)11(4-5-11)17-10-16-8-6(9(18)19)2-1-3-7(8)20-10/h6H,1-5H2,(H,16,17)(H,18,19). The molecule has 0 aliphatic heterocycles. The molecule has 0 spiro atoms. The second kappa shape index (κ2) is 4.34. The van der Waals surface area contributed by atoms with Crippen molar-refractivity contribution in [3.05, 3.63) is 10.6 Å². The molecule has 1 aromatic rings. The van der Waals surface area contributed by atoms with Gasteiger partial charge in [-0.15, -0.1) is 11.3 Å². The normalized spacial score (nSPS) is 24.1. The summed E-state index contributed by atoms with van der Waals surface area (Å²) in [5, 5.41) is 11.8. The lowest BCUT2D eigenvalue weighted by Gasteiger charge is -2.19. The number of carboxylic acid groups (broad SMARTS) is 1. The van der Waals surface area contributed by atoms with Crippen LogP contribution in [0.1, 0.15) is 42.2 Å². The molecule has 4 nitrogen and oxygen atoms in total. The fraction of sp³-hybridized carbons (Fsp3) is 0.667. The minimum Gasteiger partial charge on any atom is -0.481 e. The van der Waals surface area contributed by atoms with E-state index in [1.165, 1.54) is 0 Å². The number of hydrogen-bond donors (Lipinski definition) is 2. The third-order valence-electron chi connectivity index (χ3n) is 3.89. The Bertz CT molecular complexity index is 551. The summed E-state index contributed by atoms with van der Waals surface area (Å²) in [7, 11) is 0. The van der Waals surface area contributed by atoms with Crippen LogP contribution in [0.3, 0.4) is 0 Å². The van der Waals surface area contributed by atoms with Crippen LogP contribution >= 0.6 is 11.3 Å². The summed E-state index contributed by atoms with van der Waals surface area (Å²) in [5.74, 6) is -1.65. The summed E-state index contributed by atoms with van der Waals surface area (Å²) in [6.07, 6.45) is -2.29. The van der Waals surface area contributed by atoms with E-state index in [1.807, 2.05) is 0 Å². The second-order valence-electron chi connectivity index (χ2n) is 5.32. The fourth-order valence-electron chi connectivity index (χ4n) is 2.52. The van der Waals surface area contributed by atoms with E-state index in [1.54, 1.807) is 0 Å². The van der Waals surface area contributed by atoms with Gasteiger partial charge in [0.15, 0.2) is 5.13 Å². The first-order chi connectivity index (χ1) is 9.32. The molecule has 8 heteroatoms. The Kier molecular flexibility index (Phi) is 2.97. The van der Waals surface area contributed by atoms with E-state index in [4.69, 9.17) is 5.11 Å². The summed E-state index contributed by atoms with van der Waals surface area (Å²) < 4.78 is 38.7. The van der Waals surface area contributed by atoms with Crippen molar-refractivity contribution in [3.8, 4) is 0 Å². The largest absolute Gasteiger partial charge is 0.481 e. The van der Waals surface area contributed by atoms with Crippen molar-refractivity contribution < 1.29 is 23.1 Å². The first-order valence-corrected chi connectivity index (χ1v) is 7.21. The Morgan fingerprint density at radius 3 is 2.70 bits per heavy atom. The molecule has 2 N–H and O–H groups in total. The fourth-order valence-corrected chi connectivity index (χ4v) is 3.68. The van der Waals surface area contributed by atoms with Crippen LogP contribution in [-0.4, -0.2) is 27.8 Å². The SMILES string of the molecule is O=C(O)C1CCCc2sc(NC3(C(F)(F)F)CC3)nc21. The molecule has 110 valence electrons. The molecule has 0 saturated heterocycles. The van der Waals surface area contributed by atoms with E-state index in [9.17, 15) is 18.0 Å². The minimum atomic E-state index is -4.30. The molecule has 2 aliphatic rings. The van der Waals surface area contributed by atoms with Crippen molar-refractivity contribution in [2.75, 3.05) is 5.32 Å². The van der Waals surface area contributed by atoms with E-state index < -0.39 is 23.6 Å². The summed E-state index contributed by atoms with van der Waals surface area (Å²) in [4.78, 5) is 16.1. The summed E-state index contributed by atoms with van der Waals surface area (Å²) >= 11 is 1.15. The average molecular weight is 306 g/mol. The van der Waals surface area contributed by atoms with Crippen molar-refractivity contribution in [2.45, 2.75) is 49.7 Å². The summed E-state index contributed by atoms with van der Waals surface area (Å²) in [5.41, 5.74) is -1.42. The van der Waals surface area contributed by atoms with Crippen molar-refractivity contribution in [1.82, 2.24) is 4.98 Å². The smallest absolute Gasteiger partial charge is 0.411 e. The van der Waals surface area contributed by atoms with Gasteiger partial charge in [0.05, 0.1) is 5.69 Å². The van der Waals surface area contributed by atoms with Gasteiger partial charge in [0.25, 0.3) is 0 Å². The lowest BCUT2D eigenvalue weighted by molar-refractivity contribution is -0.151. The third kappa shape index (κ3) is 2.15. The third-order valence-corrected chi connectivity index (χ3v) is 4.94. The van der Waals surface area contributed by atoms with Crippen molar-refractivity contribution in [1.29, 1.82) is 0 Å². The first kappa shape index (κ1) is 13.7. The maximum absolute atomic E-state index is 12.9. The highest BCUT2D eigenvalue weighted by atomic mass is 32.1.